The van der Waals surface area contributed by atoms with Crippen LogP contribution < -0.4 is 0 Å². The van der Waals surface area contributed by atoms with Crippen molar-refractivity contribution >= 4 is 17.6 Å². The van der Waals surface area contributed by atoms with Crippen LogP contribution in [0.4, 0.5) is 0 Å². The summed E-state index contributed by atoms with van der Waals surface area (Å²) in [5.74, 6) is -0.127. The summed E-state index contributed by atoms with van der Waals surface area (Å²) in [5, 5.41) is 8.61. The molecular formula is C6H11ClO3. The predicted molar refractivity (Wildman–Crippen MR) is 38.0 cm³/mol. The molecule has 0 rings (SSSR count). The van der Waals surface area contributed by atoms with Crippen LogP contribution >= 0.6 is 11.6 Å². The van der Waals surface area contributed by atoms with Gasteiger partial charge in [0.05, 0.1) is 6.61 Å². The molecule has 60 valence electrons. The Kier molecular flexibility index (Phi) is 5.35. The van der Waals surface area contributed by atoms with Gasteiger partial charge in [-0.2, -0.15) is 0 Å². The molecule has 1 atom stereocenters. The Balaban J connectivity index is 3.22. The zero-order valence-corrected chi connectivity index (χ0v) is 6.60. The molecular weight excluding hydrogens is 156 g/mol. The number of hydrogen-bond donors (Lipinski definition) is 1. The van der Waals surface area contributed by atoms with Gasteiger partial charge >= 0.3 is 5.97 Å². The minimum atomic E-state index is -1.03. The van der Waals surface area contributed by atoms with Gasteiger partial charge in [-0.15, -0.1) is 11.6 Å². The van der Waals surface area contributed by atoms with Gasteiger partial charge in [0.2, 0.25) is 0 Å². The average Bonchev–Trinajstić information content (AvgIpc) is 1.88. The molecule has 0 aliphatic heterocycles. The van der Waals surface area contributed by atoms with Crippen molar-refractivity contribution in [2.24, 2.45) is 0 Å². The molecule has 3 nitrogen and oxygen atoms in total. The number of rotatable bonds is 4. The van der Waals surface area contributed by atoms with Crippen LogP contribution in [0.1, 0.15) is 13.3 Å². The first-order valence-corrected chi connectivity index (χ1v) is 3.62. The third-order valence-corrected chi connectivity index (χ3v) is 1.13. The summed E-state index contributed by atoms with van der Waals surface area (Å²) in [6, 6.07) is 0. The quantitative estimate of drug-likeness (QED) is 0.377. The van der Waals surface area contributed by atoms with E-state index in [2.05, 4.69) is 4.74 Å². The summed E-state index contributed by atoms with van der Waals surface area (Å²) in [6.07, 6.45) is -0.407. The number of hydrogen-bond acceptors (Lipinski definition) is 3. The van der Waals surface area contributed by atoms with Crippen LogP contribution in [0.15, 0.2) is 0 Å². The molecule has 0 aromatic rings. The van der Waals surface area contributed by atoms with Gasteiger partial charge in [0, 0.05) is 5.88 Å². The minimum absolute atomic E-state index is 0.285. The van der Waals surface area contributed by atoms with Gasteiger partial charge in [-0.1, -0.05) is 0 Å². The molecule has 0 saturated carbocycles. The lowest BCUT2D eigenvalue weighted by Gasteiger charge is -2.03. The van der Waals surface area contributed by atoms with Gasteiger partial charge < -0.3 is 9.84 Å². The van der Waals surface area contributed by atoms with E-state index in [9.17, 15) is 4.79 Å². The van der Waals surface area contributed by atoms with Crippen LogP contribution in [0, 0.1) is 0 Å². The lowest BCUT2D eigenvalue weighted by molar-refractivity contribution is -0.152. The van der Waals surface area contributed by atoms with Crippen LogP contribution in [0.3, 0.4) is 0 Å². The number of aliphatic hydroxyl groups excluding tert-OH is 1. The molecule has 0 spiro atoms. The van der Waals surface area contributed by atoms with Crippen molar-refractivity contribution in [3.8, 4) is 0 Å². The summed E-state index contributed by atoms with van der Waals surface area (Å²) in [4.78, 5) is 10.5. The largest absolute Gasteiger partial charge is 0.464 e. The SMILES string of the molecule is C[C@H](O)C(=O)OCCCCl. The van der Waals surface area contributed by atoms with Crippen molar-refractivity contribution in [3.05, 3.63) is 0 Å². The number of alkyl halides is 1. The Morgan fingerprint density at radius 3 is 2.80 bits per heavy atom. The first-order chi connectivity index (χ1) is 4.68. The second-order valence-corrected chi connectivity index (χ2v) is 2.26. The maximum atomic E-state index is 10.5. The van der Waals surface area contributed by atoms with Crippen LogP contribution in [0.25, 0.3) is 0 Å². The summed E-state index contributed by atoms with van der Waals surface area (Å²) >= 11 is 5.31. The topological polar surface area (TPSA) is 46.5 Å². The van der Waals surface area contributed by atoms with E-state index >= 15 is 0 Å². The van der Waals surface area contributed by atoms with Crippen molar-refractivity contribution in [2.45, 2.75) is 19.4 Å². The summed E-state index contributed by atoms with van der Waals surface area (Å²) in [7, 11) is 0. The Hall–Kier alpha value is -0.280. The molecule has 0 aromatic heterocycles. The van der Waals surface area contributed by atoms with E-state index in [0.29, 0.717) is 12.3 Å². The normalized spacial score (nSPS) is 12.7. The minimum Gasteiger partial charge on any atom is -0.464 e. The number of carbonyl (C=O) groups excluding carboxylic acids is 1. The molecule has 1 N–H and O–H groups in total. The third kappa shape index (κ3) is 4.58. The zero-order valence-electron chi connectivity index (χ0n) is 5.84. The molecule has 0 unspecified atom stereocenters. The molecule has 0 radical (unpaired) electrons. The van der Waals surface area contributed by atoms with Crippen molar-refractivity contribution < 1.29 is 14.6 Å². The average molecular weight is 167 g/mol. The summed E-state index contributed by atoms with van der Waals surface area (Å²) < 4.78 is 4.57. The molecule has 0 aliphatic rings. The van der Waals surface area contributed by atoms with Crippen LogP contribution in [-0.4, -0.2) is 29.7 Å². The first-order valence-electron chi connectivity index (χ1n) is 3.09. The number of esters is 1. The van der Waals surface area contributed by atoms with Crippen molar-refractivity contribution in [2.75, 3.05) is 12.5 Å². The fourth-order valence-electron chi connectivity index (χ4n) is 0.348. The Morgan fingerprint density at radius 1 is 1.80 bits per heavy atom. The van der Waals surface area contributed by atoms with E-state index in [1.54, 1.807) is 0 Å². The smallest absolute Gasteiger partial charge is 0.334 e. The molecule has 0 saturated heterocycles. The van der Waals surface area contributed by atoms with E-state index in [4.69, 9.17) is 16.7 Å². The molecule has 0 bridgehead atoms. The molecule has 4 heteroatoms. The maximum Gasteiger partial charge on any atom is 0.334 e. The third-order valence-electron chi connectivity index (χ3n) is 0.863. The number of carbonyl (C=O) groups is 1. The lowest BCUT2D eigenvalue weighted by Crippen LogP contribution is -2.19. The highest BCUT2D eigenvalue weighted by Gasteiger charge is 2.08. The first kappa shape index (κ1) is 9.72. The highest BCUT2D eigenvalue weighted by molar-refractivity contribution is 6.17. The highest BCUT2D eigenvalue weighted by atomic mass is 35.5. The zero-order chi connectivity index (χ0) is 7.98. The van der Waals surface area contributed by atoms with E-state index in [-0.39, 0.29) is 6.61 Å². The van der Waals surface area contributed by atoms with E-state index < -0.39 is 12.1 Å². The van der Waals surface area contributed by atoms with Gasteiger partial charge in [-0.3, -0.25) is 0 Å². The molecule has 0 fully saturated rings. The van der Waals surface area contributed by atoms with Gasteiger partial charge in [-0.05, 0) is 13.3 Å². The van der Waals surface area contributed by atoms with E-state index in [1.807, 2.05) is 0 Å². The van der Waals surface area contributed by atoms with Crippen molar-refractivity contribution in [3.63, 3.8) is 0 Å². The van der Waals surface area contributed by atoms with Gasteiger partial charge in [0.25, 0.3) is 0 Å². The predicted octanol–water partition coefficient (Wildman–Crippen LogP) is 0.539. The van der Waals surface area contributed by atoms with Gasteiger partial charge in [0.1, 0.15) is 6.10 Å². The molecule has 0 aromatic carbocycles. The van der Waals surface area contributed by atoms with Crippen LogP contribution in [0.2, 0.25) is 0 Å². The summed E-state index contributed by atoms with van der Waals surface area (Å²) in [6.45, 7) is 1.65. The van der Waals surface area contributed by atoms with Crippen LogP contribution in [-0.2, 0) is 9.53 Å². The molecule has 0 amide bonds. The second kappa shape index (κ2) is 5.50. The van der Waals surface area contributed by atoms with Crippen molar-refractivity contribution in [1.29, 1.82) is 0 Å². The molecule has 10 heavy (non-hydrogen) atoms. The maximum absolute atomic E-state index is 10.5. The Morgan fingerprint density at radius 2 is 2.40 bits per heavy atom. The second-order valence-electron chi connectivity index (χ2n) is 1.89. The van der Waals surface area contributed by atoms with Crippen LogP contribution in [0.5, 0.6) is 0 Å². The Labute approximate surface area is 64.9 Å². The number of ether oxygens (including phenoxy) is 1. The number of aliphatic hydroxyl groups is 1. The summed E-state index contributed by atoms with van der Waals surface area (Å²) in [5.41, 5.74) is 0. The van der Waals surface area contributed by atoms with Gasteiger partial charge in [0.15, 0.2) is 0 Å². The van der Waals surface area contributed by atoms with E-state index in [1.165, 1.54) is 6.92 Å². The standard InChI is InChI=1S/C6H11ClO3/c1-5(8)6(9)10-4-2-3-7/h5,8H,2-4H2,1H3/t5-/m0/s1. The van der Waals surface area contributed by atoms with E-state index in [0.717, 1.165) is 0 Å². The monoisotopic (exact) mass is 166 g/mol. The molecule has 0 heterocycles. The Bertz CT molecular complexity index is 103. The van der Waals surface area contributed by atoms with Gasteiger partial charge in [-0.25, -0.2) is 4.79 Å². The fourth-order valence-corrected chi connectivity index (χ4v) is 0.457. The number of halogens is 1. The lowest BCUT2D eigenvalue weighted by atomic mass is 10.4. The molecule has 0 aliphatic carbocycles. The highest BCUT2D eigenvalue weighted by Crippen LogP contribution is 1.90. The fraction of sp³-hybridized carbons (Fsp3) is 0.833. The van der Waals surface area contributed by atoms with Crippen molar-refractivity contribution in [1.82, 2.24) is 0 Å².